The average Bonchev–Trinajstić information content (AvgIpc) is 2.78. The van der Waals surface area contributed by atoms with Crippen molar-refractivity contribution in [1.29, 1.82) is 0 Å². The first-order chi connectivity index (χ1) is 8.13. The fraction of sp³-hybridized carbons (Fsp3) is 0.615. The van der Waals surface area contributed by atoms with Gasteiger partial charge in [0.2, 0.25) is 5.91 Å². The summed E-state index contributed by atoms with van der Waals surface area (Å²) in [5, 5.41) is 2.90. The Balaban J connectivity index is 2.30. The molecule has 1 amide bonds. The number of carbonyl (C=O) groups is 1. The largest absolute Gasteiger partial charge is 0.469 e. The van der Waals surface area contributed by atoms with Crippen LogP contribution in [0.1, 0.15) is 38.9 Å². The number of hydrogen-bond donors (Lipinski definition) is 2. The van der Waals surface area contributed by atoms with Crippen LogP contribution >= 0.6 is 0 Å². The zero-order chi connectivity index (χ0) is 12.7. The molecule has 1 aromatic rings. The summed E-state index contributed by atoms with van der Waals surface area (Å²) in [6.45, 7) is 4.04. The van der Waals surface area contributed by atoms with E-state index in [4.69, 9.17) is 10.2 Å². The van der Waals surface area contributed by atoms with Gasteiger partial charge in [-0.25, -0.2) is 0 Å². The van der Waals surface area contributed by atoms with E-state index in [2.05, 4.69) is 12.2 Å². The molecule has 0 bridgehead atoms. The van der Waals surface area contributed by atoms with Crippen LogP contribution < -0.4 is 11.1 Å². The van der Waals surface area contributed by atoms with E-state index in [9.17, 15) is 4.79 Å². The average molecular weight is 238 g/mol. The fourth-order valence-electron chi connectivity index (χ4n) is 1.69. The molecule has 4 nitrogen and oxygen atoms in total. The smallest absolute Gasteiger partial charge is 0.237 e. The second-order valence-electron chi connectivity index (χ2n) is 4.44. The number of carbonyl (C=O) groups excluding carboxylic acids is 1. The zero-order valence-electron chi connectivity index (χ0n) is 10.6. The minimum atomic E-state index is -0.394. The van der Waals surface area contributed by atoms with E-state index >= 15 is 0 Å². The molecule has 0 aromatic carbocycles. The lowest BCUT2D eigenvalue weighted by Gasteiger charge is -2.16. The topological polar surface area (TPSA) is 68.3 Å². The maximum atomic E-state index is 11.7. The van der Waals surface area contributed by atoms with Crippen molar-refractivity contribution in [2.24, 2.45) is 5.73 Å². The predicted octanol–water partition coefficient (Wildman–Crippen LogP) is 1.84. The Hall–Kier alpha value is -1.29. The summed E-state index contributed by atoms with van der Waals surface area (Å²) in [5.74, 6) is 0.803. The van der Waals surface area contributed by atoms with Crippen LogP contribution in [0.2, 0.25) is 0 Å². The van der Waals surface area contributed by atoms with Crippen LogP contribution in [-0.4, -0.2) is 18.0 Å². The molecule has 1 heterocycles. The molecule has 0 saturated carbocycles. The summed E-state index contributed by atoms with van der Waals surface area (Å²) in [7, 11) is 0. The number of nitrogens with one attached hydrogen (secondary N) is 1. The molecular formula is C13H22N2O2. The molecule has 0 fully saturated rings. The summed E-state index contributed by atoms with van der Waals surface area (Å²) >= 11 is 0. The van der Waals surface area contributed by atoms with Crippen molar-refractivity contribution in [2.45, 2.75) is 51.6 Å². The molecule has 0 aliphatic rings. The highest BCUT2D eigenvalue weighted by Gasteiger charge is 2.15. The number of amides is 1. The molecule has 0 radical (unpaired) electrons. The van der Waals surface area contributed by atoms with Crippen LogP contribution in [0.3, 0.4) is 0 Å². The molecule has 1 rings (SSSR count). The molecule has 2 atom stereocenters. The second-order valence-corrected chi connectivity index (χ2v) is 4.44. The predicted molar refractivity (Wildman–Crippen MR) is 67.5 cm³/mol. The van der Waals surface area contributed by atoms with Gasteiger partial charge in [0.25, 0.3) is 0 Å². The Morgan fingerprint density at radius 2 is 2.35 bits per heavy atom. The van der Waals surface area contributed by atoms with Gasteiger partial charge >= 0.3 is 0 Å². The maximum absolute atomic E-state index is 11.7. The number of unbranched alkanes of at least 4 members (excludes halogenated alkanes) is 1. The molecule has 1 unspecified atom stereocenters. The van der Waals surface area contributed by atoms with Gasteiger partial charge in [-0.2, -0.15) is 0 Å². The normalized spacial score (nSPS) is 14.3. The lowest BCUT2D eigenvalue weighted by Crippen LogP contribution is -2.45. The van der Waals surface area contributed by atoms with Crippen LogP contribution in [0.4, 0.5) is 0 Å². The first-order valence-corrected chi connectivity index (χ1v) is 6.21. The molecule has 4 heteroatoms. The molecule has 1 aromatic heterocycles. The van der Waals surface area contributed by atoms with Crippen LogP contribution in [0, 0.1) is 0 Å². The van der Waals surface area contributed by atoms with Gasteiger partial charge in [0.1, 0.15) is 5.76 Å². The molecule has 0 saturated heterocycles. The van der Waals surface area contributed by atoms with Gasteiger partial charge in [0, 0.05) is 12.5 Å². The van der Waals surface area contributed by atoms with Crippen molar-refractivity contribution in [3.05, 3.63) is 24.2 Å². The van der Waals surface area contributed by atoms with Crippen molar-refractivity contribution in [2.75, 3.05) is 0 Å². The zero-order valence-corrected chi connectivity index (χ0v) is 10.6. The van der Waals surface area contributed by atoms with E-state index in [-0.39, 0.29) is 11.9 Å². The Morgan fingerprint density at radius 3 is 2.94 bits per heavy atom. The summed E-state index contributed by atoms with van der Waals surface area (Å²) in [6.07, 6.45) is 5.12. The monoisotopic (exact) mass is 238 g/mol. The van der Waals surface area contributed by atoms with Crippen molar-refractivity contribution in [3.63, 3.8) is 0 Å². The standard InChI is InChI=1S/C13H22N2O2/c1-3-4-7-12(14)13(16)15-10(2)9-11-6-5-8-17-11/h5-6,8,10,12H,3-4,7,9,14H2,1-2H3,(H,15,16)/t10?,12-/m0/s1. The van der Waals surface area contributed by atoms with E-state index in [1.165, 1.54) is 0 Å². The molecule has 3 N–H and O–H groups in total. The van der Waals surface area contributed by atoms with Gasteiger partial charge in [0.05, 0.1) is 12.3 Å². The third-order valence-electron chi connectivity index (χ3n) is 2.68. The molecular weight excluding hydrogens is 216 g/mol. The van der Waals surface area contributed by atoms with E-state index in [0.29, 0.717) is 6.42 Å². The molecule has 0 aliphatic carbocycles. The minimum Gasteiger partial charge on any atom is -0.469 e. The van der Waals surface area contributed by atoms with Gasteiger partial charge in [-0.05, 0) is 25.5 Å². The van der Waals surface area contributed by atoms with E-state index < -0.39 is 6.04 Å². The van der Waals surface area contributed by atoms with Gasteiger partial charge in [-0.1, -0.05) is 19.8 Å². The number of furan rings is 1. The third-order valence-corrected chi connectivity index (χ3v) is 2.68. The third kappa shape index (κ3) is 5.04. The maximum Gasteiger partial charge on any atom is 0.237 e. The Morgan fingerprint density at radius 1 is 1.59 bits per heavy atom. The van der Waals surface area contributed by atoms with Gasteiger partial charge < -0.3 is 15.5 Å². The number of nitrogens with two attached hydrogens (primary N) is 1. The quantitative estimate of drug-likeness (QED) is 0.761. The van der Waals surface area contributed by atoms with E-state index in [0.717, 1.165) is 25.0 Å². The van der Waals surface area contributed by atoms with Crippen LogP contribution in [0.5, 0.6) is 0 Å². The van der Waals surface area contributed by atoms with Gasteiger partial charge in [0.15, 0.2) is 0 Å². The Bertz CT molecular complexity index is 322. The summed E-state index contributed by atoms with van der Waals surface area (Å²) < 4.78 is 5.23. The molecule has 0 aliphatic heterocycles. The van der Waals surface area contributed by atoms with Gasteiger partial charge in [-0.3, -0.25) is 4.79 Å². The highest BCUT2D eigenvalue weighted by atomic mass is 16.3. The fourth-order valence-corrected chi connectivity index (χ4v) is 1.69. The van der Waals surface area contributed by atoms with Crippen LogP contribution in [0.25, 0.3) is 0 Å². The Labute approximate surface area is 103 Å². The van der Waals surface area contributed by atoms with Crippen molar-refractivity contribution >= 4 is 5.91 Å². The van der Waals surface area contributed by atoms with E-state index in [1.54, 1.807) is 6.26 Å². The summed E-state index contributed by atoms with van der Waals surface area (Å²) in [4.78, 5) is 11.7. The summed E-state index contributed by atoms with van der Waals surface area (Å²) in [6, 6.07) is 3.40. The molecule has 17 heavy (non-hydrogen) atoms. The molecule has 96 valence electrons. The molecule has 0 spiro atoms. The SMILES string of the molecule is CCCC[C@H](N)C(=O)NC(C)Cc1ccco1. The van der Waals surface area contributed by atoms with Crippen molar-refractivity contribution < 1.29 is 9.21 Å². The minimum absolute atomic E-state index is 0.0429. The summed E-state index contributed by atoms with van der Waals surface area (Å²) in [5.41, 5.74) is 5.79. The highest BCUT2D eigenvalue weighted by Crippen LogP contribution is 2.04. The first-order valence-electron chi connectivity index (χ1n) is 6.21. The van der Waals surface area contributed by atoms with Gasteiger partial charge in [-0.15, -0.1) is 0 Å². The van der Waals surface area contributed by atoms with E-state index in [1.807, 2.05) is 19.1 Å². The highest BCUT2D eigenvalue weighted by molar-refractivity contribution is 5.81. The lowest BCUT2D eigenvalue weighted by atomic mass is 10.1. The lowest BCUT2D eigenvalue weighted by molar-refractivity contribution is -0.123. The van der Waals surface area contributed by atoms with Crippen LogP contribution in [0.15, 0.2) is 22.8 Å². The number of rotatable bonds is 7. The van der Waals surface area contributed by atoms with Crippen molar-refractivity contribution in [3.8, 4) is 0 Å². The second kappa shape index (κ2) is 7.12. The first kappa shape index (κ1) is 13.8. The van der Waals surface area contributed by atoms with Crippen LogP contribution in [-0.2, 0) is 11.2 Å². The van der Waals surface area contributed by atoms with Crippen molar-refractivity contribution in [1.82, 2.24) is 5.32 Å². The Kier molecular flexibility index (Phi) is 5.77. The number of hydrogen-bond acceptors (Lipinski definition) is 3.